The average Bonchev–Trinajstić information content (AvgIpc) is 2.86. The van der Waals surface area contributed by atoms with Crippen LogP contribution in [0.15, 0.2) is 48.5 Å². The van der Waals surface area contributed by atoms with Gasteiger partial charge in [0.05, 0.1) is 6.10 Å². The van der Waals surface area contributed by atoms with Crippen LogP contribution in [0.2, 0.25) is 5.02 Å². The van der Waals surface area contributed by atoms with E-state index >= 15 is 0 Å². The molecule has 9 heteroatoms. The molecule has 0 radical (unpaired) electrons. The predicted molar refractivity (Wildman–Crippen MR) is 156 cm³/mol. The predicted octanol–water partition coefficient (Wildman–Crippen LogP) is 6.29. The highest BCUT2D eigenvalue weighted by atomic mass is 35.5. The molecule has 1 aliphatic rings. The molecule has 0 unspecified atom stereocenters. The van der Waals surface area contributed by atoms with Crippen molar-refractivity contribution in [2.24, 2.45) is 0 Å². The smallest absolute Gasteiger partial charge is 0.412 e. The second-order valence-corrected chi connectivity index (χ2v) is 10.8. The first-order chi connectivity index (χ1) is 17.6. The topological polar surface area (TPSA) is 71.1 Å². The number of amides is 2. The van der Waals surface area contributed by atoms with Crippen LogP contribution < -0.4 is 5.32 Å². The van der Waals surface area contributed by atoms with Gasteiger partial charge in [0, 0.05) is 55.6 Å². The maximum atomic E-state index is 13.0. The van der Waals surface area contributed by atoms with Gasteiger partial charge in [-0.3, -0.25) is 15.0 Å². The monoisotopic (exact) mass is 565 g/mol. The zero-order valence-corrected chi connectivity index (χ0v) is 24.4. The fourth-order valence-corrected chi connectivity index (χ4v) is 4.38. The molecule has 3 rings (SSSR count). The molecular formula is C29H41Cl2N3O4. The standard InChI is InChI=1S/C29H40ClN3O4.ClH/c1-22(2)36-21-5-15-29(3,4)37-28(35)31-26-12-8-24(9-13-26)27(34)33-19-17-32(18-20-33)16-14-23-6-10-25(30)11-7-23;/h6-13,22H,5,14-21H2,1-4H3,(H,31,35);1H. The number of carbonyl (C=O) groups is 2. The fraction of sp³-hybridized carbons (Fsp3) is 0.517. The second kappa shape index (κ2) is 15.3. The molecule has 2 aromatic carbocycles. The van der Waals surface area contributed by atoms with Crippen molar-refractivity contribution in [1.82, 2.24) is 9.80 Å². The minimum absolute atomic E-state index is 0. The van der Waals surface area contributed by atoms with Crippen LogP contribution in [-0.4, -0.2) is 72.8 Å². The van der Waals surface area contributed by atoms with Crippen LogP contribution in [0, 0.1) is 0 Å². The zero-order valence-electron chi connectivity index (χ0n) is 22.9. The molecule has 1 aliphatic heterocycles. The number of benzene rings is 2. The summed E-state index contributed by atoms with van der Waals surface area (Å²) in [4.78, 5) is 29.6. The lowest BCUT2D eigenvalue weighted by Gasteiger charge is -2.34. The van der Waals surface area contributed by atoms with Crippen molar-refractivity contribution in [3.8, 4) is 0 Å². The van der Waals surface area contributed by atoms with Gasteiger partial charge in [0.1, 0.15) is 5.60 Å². The Bertz CT molecular complexity index is 1010. The summed E-state index contributed by atoms with van der Waals surface area (Å²) in [6, 6.07) is 14.9. The average molecular weight is 567 g/mol. The van der Waals surface area contributed by atoms with Crippen LogP contribution in [0.1, 0.15) is 56.5 Å². The Hall–Kier alpha value is -2.32. The lowest BCUT2D eigenvalue weighted by atomic mass is 10.0. The van der Waals surface area contributed by atoms with Crippen molar-refractivity contribution in [3.63, 3.8) is 0 Å². The first-order valence-electron chi connectivity index (χ1n) is 13.1. The first kappa shape index (κ1) is 31.9. The molecule has 2 aromatic rings. The fourth-order valence-electron chi connectivity index (χ4n) is 4.25. The number of nitrogens with zero attached hydrogens (tertiary/aromatic N) is 2. The van der Waals surface area contributed by atoms with Crippen LogP contribution in [0.4, 0.5) is 10.5 Å². The van der Waals surface area contributed by atoms with Gasteiger partial charge in [0.25, 0.3) is 5.91 Å². The summed E-state index contributed by atoms with van der Waals surface area (Å²) in [6.45, 7) is 12.5. The third-order valence-electron chi connectivity index (χ3n) is 6.41. The molecular weight excluding hydrogens is 525 g/mol. The Morgan fingerprint density at radius 1 is 1.00 bits per heavy atom. The van der Waals surface area contributed by atoms with Gasteiger partial charge in [0.15, 0.2) is 0 Å². The highest BCUT2D eigenvalue weighted by Crippen LogP contribution is 2.19. The molecule has 38 heavy (non-hydrogen) atoms. The number of piperazine rings is 1. The maximum absolute atomic E-state index is 13.0. The summed E-state index contributed by atoms with van der Waals surface area (Å²) in [7, 11) is 0. The van der Waals surface area contributed by atoms with E-state index in [2.05, 4.69) is 22.3 Å². The van der Waals surface area contributed by atoms with Crippen LogP contribution in [0.3, 0.4) is 0 Å². The van der Waals surface area contributed by atoms with E-state index in [1.165, 1.54) is 5.56 Å². The van der Waals surface area contributed by atoms with Crippen molar-refractivity contribution in [2.45, 2.75) is 58.7 Å². The van der Waals surface area contributed by atoms with E-state index in [4.69, 9.17) is 21.1 Å². The Morgan fingerprint density at radius 2 is 1.63 bits per heavy atom. The highest BCUT2D eigenvalue weighted by molar-refractivity contribution is 6.30. The van der Waals surface area contributed by atoms with Gasteiger partial charge >= 0.3 is 6.09 Å². The summed E-state index contributed by atoms with van der Waals surface area (Å²) in [5.74, 6) is 0.0104. The molecule has 210 valence electrons. The number of carbonyl (C=O) groups excluding carboxylic acids is 2. The number of nitrogens with one attached hydrogen (secondary N) is 1. The Balaban J connectivity index is 0.00000507. The molecule has 0 atom stereocenters. The van der Waals surface area contributed by atoms with E-state index in [9.17, 15) is 9.59 Å². The van der Waals surface area contributed by atoms with Gasteiger partial charge in [-0.1, -0.05) is 23.7 Å². The quantitative estimate of drug-likeness (QED) is 0.324. The number of anilines is 1. The zero-order chi connectivity index (χ0) is 26.8. The summed E-state index contributed by atoms with van der Waals surface area (Å²) in [6.07, 6.45) is 2.16. The summed E-state index contributed by atoms with van der Waals surface area (Å²) in [5.41, 5.74) is 1.86. The number of hydrogen-bond donors (Lipinski definition) is 1. The number of halogens is 2. The van der Waals surface area contributed by atoms with Gasteiger partial charge < -0.3 is 14.4 Å². The van der Waals surface area contributed by atoms with E-state index in [1.807, 2.05) is 44.7 Å². The Kier molecular flexibility index (Phi) is 12.9. The summed E-state index contributed by atoms with van der Waals surface area (Å²) >= 11 is 5.96. The van der Waals surface area contributed by atoms with Crippen LogP contribution in [0.25, 0.3) is 0 Å². The van der Waals surface area contributed by atoms with Crippen molar-refractivity contribution >= 4 is 41.7 Å². The molecule has 0 aromatic heterocycles. The molecule has 1 fully saturated rings. The Labute approximate surface area is 238 Å². The second-order valence-electron chi connectivity index (χ2n) is 10.4. The van der Waals surface area contributed by atoms with Crippen molar-refractivity contribution in [1.29, 1.82) is 0 Å². The molecule has 0 aliphatic carbocycles. The molecule has 1 saturated heterocycles. The first-order valence-corrected chi connectivity index (χ1v) is 13.5. The van der Waals surface area contributed by atoms with Crippen LogP contribution >= 0.6 is 24.0 Å². The van der Waals surface area contributed by atoms with E-state index in [1.54, 1.807) is 24.3 Å². The van der Waals surface area contributed by atoms with E-state index < -0.39 is 11.7 Å². The van der Waals surface area contributed by atoms with Crippen molar-refractivity contribution < 1.29 is 19.1 Å². The summed E-state index contributed by atoms with van der Waals surface area (Å²) < 4.78 is 11.1. The van der Waals surface area contributed by atoms with E-state index in [0.717, 1.165) is 37.5 Å². The number of rotatable bonds is 11. The van der Waals surface area contributed by atoms with E-state index in [0.29, 0.717) is 37.4 Å². The molecule has 7 nitrogen and oxygen atoms in total. The van der Waals surface area contributed by atoms with Gasteiger partial charge in [-0.15, -0.1) is 12.4 Å². The maximum Gasteiger partial charge on any atom is 0.412 e. The summed E-state index contributed by atoms with van der Waals surface area (Å²) in [5, 5.41) is 3.51. The van der Waals surface area contributed by atoms with Gasteiger partial charge in [-0.05, 0) is 88.9 Å². The largest absolute Gasteiger partial charge is 0.443 e. The Morgan fingerprint density at radius 3 is 2.24 bits per heavy atom. The molecule has 0 bridgehead atoms. The van der Waals surface area contributed by atoms with Gasteiger partial charge in [-0.2, -0.15) is 0 Å². The lowest BCUT2D eigenvalue weighted by molar-refractivity contribution is 0.0234. The third-order valence-corrected chi connectivity index (χ3v) is 6.66. The highest BCUT2D eigenvalue weighted by Gasteiger charge is 2.24. The lowest BCUT2D eigenvalue weighted by Crippen LogP contribution is -2.49. The number of ether oxygens (including phenoxy) is 2. The molecule has 0 saturated carbocycles. The van der Waals surface area contributed by atoms with Crippen molar-refractivity contribution in [2.75, 3.05) is 44.6 Å². The number of hydrogen-bond acceptors (Lipinski definition) is 5. The third kappa shape index (κ3) is 10.8. The SMILES string of the molecule is CC(C)OCCCC(C)(C)OC(=O)Nc1ccc(C(=O)N2CCN(CCc3ccc(Cl)cc3)CC2)cc1.Cl. The minimum Gasteiger partial charge on any atom is -0.443 e. The normalized spacial score (nSPS) is 14.2. The van der Waals surface area contributed by atoms with Gasteiger partial charge in [-0.25, -0.2) is 4.79 Å². The van der Waals surface area contributed by atoms with Gasteiger partial charge in [0.2, 0.25) is 0 Å². The molecule has 1 heterocycles. The molecule has 1 N–H and O–H groups in total. The van der Waals surface area contributed by atoms with Crippen molar-refractivity contribution in [3.05, 3.63) is 64.7 Å². The molecule has 0 spiro atoms. The van der Waals surface area contributed by atoms with Crippen LogP contribution in [-0.2, 0) is 15.9 Å². The van der Waals surface area contributed by atoms with E-state index in [-0.39, 0.29) is 24.4 Å². The minimum atomic E-state index is -0.600. The van der Waals surface area contributed by atoms with Crippen LogP contribution in [0.5, 0.6) is 0 Å². The molecule has 2 amide bonds.